The highest BCUT2D eigenvalue weighted by molar-refractivity contribution is 5.78. The Bertz CT molecular complexity index is 912. The van der Waals surface area contributed by atoms with Gasteiger partial charge in [-0.2, -0.15) is 0 Å². The fourth-order valence-corrected chi connectivity index (χ4v) is 2.84. The van der Waals surface area contributed by atoms with E-state index in [1.807, 2.05) is 60.7 Å². The maximum atomic E-state index is 12.4. The minimum Gasteiger partial charge on any atom is -0.484 e. The molecular formula is C22H20N2O4. The molecule has 6 nitrogen and oxygen atoms in total. The highest BCUT2D eigenvalue weighted by atomic mass is 16.6. The van der Waals surface area contributed by atoms with E-state index < -0.39 is 4.92 Å². The fraction of sp³-hybridized carbons (Fsp3) is 0.136. The molecule has 0 saturated heterocycles. The maximum absolute atomic E-state index is 12.4. The van der Waals surface area contributed by atoms with Crippen molar-refractivity contribution in [1.29, 1.82) is 0 Å². The topological polar surface area (TPSA) is 81.5 Å². The first kappa shape index (κ1) is 19.1. The van der Waals surface area contributed by atoms with E-state index in [4.69, 9.17) is 4.74 Å². The Kier molecular flexibility index (Phi) is 6.36. The standard InChI is InChI=1S/C22H20N2O4/c25-22(16-28-20-13-11-19(12-14-20)24(26)27)23-21(18-9-5-2-6-10-18)15-17-7-3-1-4-8-17/h1-14,21H,15-16H2,(H,23,25)/t21-/m0/s1. The first-order valence-corrected chi connectivity index (χ1v) is 8.87. The molecule has 0 aliphatic carbocycles. The molecule has 3 aromatic rings. The second-order valence-corrected chi connectivity index (χ2v) is 6.26. The third-order valence-electron chi connectivity index (χ3n) is 4.24. The van der Waals surface area contributed by atoms with Gasteiger partial charge in [0.2, 0.25) is 0 Å². The summed E-state index contributed by atoms with van der Waals surface area (Å²) in [7, 11) is 0. The van der Waals surface area contributed by atoms with Crippen LogP contribution in [0, 0.1) is 10.1 Å². The third-order valence-corrected chi connectivity index (χ3v) is 4.24. The molecule has 1 atom stereocenters. The molecule has 0 fully saturated rings. The lowest BCUT2D eigenvalue weighted by Gasteiger charge is -2.19. The van der Waals surface area contributed by atoms with Crippen LogP contribution in [0.2, 0.25) is 0 Å². The lowest BCUT2D eigenvalue weighted by molar-refractivity contribution is -0.384. The minimum absolute atomic E-state index is 0.0243. The van der Waals surface area contributed by atoms with Gasteiger partial charge < -0.3 is 10.1 Å². The van der Waals surface area contributed by atoms with E-state index in [2.05, 4.69) is 5.32 Å². The van der Waals surface area contributed by atoms with E-state index in [-0.39, 0.29) is 24.2 Å². The van der Waals surface area contributed by atoms with Crippen molar-refractivity contribution in [2.24, 2.45) is 0 Å². The summed E-state index contributed by atoms with van der Waals surface area (Å²) in [6, 6.07) is 25.2. The molecule has 0 saturated carbocycles. The maximum Gasteiger partial charge on any atom is 0.269 e. The zero-order chi connectivity index (χ0) is 19.8. The van der Waals surface area contributed by atoms with Crippen molar-refractivity contribution in [2.75, 3.05) is 6.61 Å². The van der Waals surface area contributed by atoms with Gasteiger partial charge in [-0.05, 0) is 29.7 Å². The Labute approximate surface area is 162 Å². The molecule has 142 valence electrons. The van der Waals surface area contributed by atoms with Crippen LogP contribution in [0.4, 0.5) is 5.69 Å². The van der Waals surface area contributed by atoms with Crippen LogP contribution < -0.4 is 10.1 Å². The second kappa shape index (κ2) is 9.32. The summed E-state index contributed by atoms with van der Waals surface area (Å²) in [6.07, 6.45) is 0.661. The van der Waals surface area contributed by atoms with Crippen LogP contribution in [0.25, 0.3) is 0 Å². The van der Waals surface area contributed by atoms with Crippen LogP contribution in [-0.4, -0.2) is 17.4 Å². The van der Waals surface area contributed by atoms with Crippen LogP contribution in [0.5, 0.6) is 5.75 Å². The molecule has 0 aromatic heterocycles. The van der Waals surface area contributed by atoms with Crippen molar-refractivity contribution >= 4 is 11.6 Å². The van der Waals surface area contributed by atoms with Gasteiger partial charge in [-0.3, -0.25) is 14.9 Å². The molecule has 0 spiro atoms. The summed E-state index contributed by atoms with van der Waals surface area (Å²) < 4.78 is 5.45. The molecule has 1 N–H and O–H groups in total. The van der Waals surface area contributed by atoms with Gasteiger partial charge in [-0.1, -0.05) is 60.7 Å². The molecule has 0 heterocycles. The average Bonchev–Trinajstić information content (AvgIpc) is 2.73. The number of carbonyl (C=O) groups is 1. The van der Waals surface area contributed by atoms with Crippen molar-refractivity contribution in [3.05, 3.63) is 106 Å². The lowest BCUT2D eigenvalue weighted by atomic mass is 9.99. The zero-order valence-corrected chi connectivity index (χ0v) is 15.2. The van der Waals surface area contributed by atoms with E-state index in [1.54, 1.807) is 0 Å². The van der Waals surface area contributed by atoms with Gasteiger partial charge in [-0.15, -0.1) is 0 Å². The van der Waals surface area contributed by atoms with Crippen molar-refractivity contribution in [3.63, 3.8) is 0 Å². The first-order valence-electron chi connectivity index (χ1n) is 8.87. The summed E-state index contributed by atoms with van der Waals surface area (Å²) >= 11 is 0. The molecule has 0 radical (unpaired) electrons. The Morgan fingerprint density at radius 3 is 2.14 bits per heavy atom. The van der Waals surface area contributed by atoms with Crippen LogP contribution in [0.3, 0.4) is 0 Å². The van der Waals surface area contributed by atoms with E-state index in [1.165, 1.54) is 24.3 Å². The SMILES string of the molecule is O=C(COc1ccc([N+](=O)[O-])cc1)N[C@@H](Cc1ccccc1)c1ccccc1. The molecule has 28 heavy (non-hydrogen) atoms. The summed E-state index contributed by atoms with van der Waals surface area (Å²) in [6.45, 7) is -0.171. The Morgan fingerprint density at radius 1 is 0.929 bits per heavy atom. The van der Waals surface area contributed by atoms with Gasteiger partial charge in [0.15, 0.2) is 6.61 Å². The first-order chi connectivity index (χ1) is 13.6. The molecular weight excluding hydrogens is 356 g/mol. The van der Waals surface area contributed by atoms with E-state index in [0.29, 0.717) is 12.2 Å². The van der Waals surface area contributed by atoms with Gasteiger partial charge in [-0.25, -0.2) is 0 Å². The number of rotatable bonds is 8. The van der Waals surface area contributed by atoms with Crippen molar-refractivity contribution in [2.45, 2.75) is 12.5 Å². The summed E-state index contributed by atoms with van der Waals surface area (Å²) in [5, 5.41) is 13.7. The van der Waals surface area contributed by atoms with E-state index in [9.17, 15) is 14.9 Å². The van der Waals surface area contributed by atoms with Gasteiger partial charge in [0.05, 0.1) is 11.0 Å². The van der Waals surface area contributed by atoms with Crippen molar-refractivity contribution in [1.82, 2.24) is 5.32 Å². The van der Waals surface area contributed by atoms with Gasteiger partial charge in [0.25, 0.3) is 11.6 Å². The van der Waals surface area contributed by atoms with Crippen LogP contribution in [0.15, 0.2) is 84.9 Å². The van der Waals surface area contributed by atoms with Crippen LogP contribution >= 0.6 is 0 Å². The predicted molar refractivity (Wildman–Crippen MR) is 106 cm³/mol. The molecule has 6 heteroatoms. The molecule has 0 aliphatic rings. The molecule has 1 amide bonds. The predicted octanol–water partition coefficient (Wildman–Crippen LogP) is 4.07. The molecule has 3 rings (SSSR count). The summed E-state index contributed by atoms with van der Waals surface area (Å²) in [4.78, 5) is 22.6. The highest BCUT2D eigenvalue weighted by Gasteiger charge is 2.16. The quantitative estimate of drug-likeness (QED) is 0.474. The molecule has 3 aromatic carbocycles. The number of ether oxygens (including phenoxy) is 1. The van der Waals surface area contributed by atoms with Gasteiger partial charge >= 0.3 is 0 Å². The number of nitrogens with one attached hydrogen (secondary N) is 1. The van der Waals surface area contributed by atoms with Crippen LogP contribution in [0.1, 0.15) is 17.2 Å². The monoisotopic (exact) mass is 376 g/mol. The number of hydrogen-bond donors (Lipinski definition) is 1. The fourth-order valence-electron chi connectivity index (χ4n) is 2.84. The summed E-state index contributed by atoms with van der Waals surface area (Å²) in [5.74, 6) is 0.142. The van der Waals surface area contributed by atoms with E-state index >= 15 is 0 Å². The normalized spacial score (nSPS) is 11.4. The number of carbonyl (C=O) groups excluding carboxylic acids is 1. The summed E-state index contributed by atoms with van der Waals surface area (Å²) in [5.41, 5.74) is 2.10. The number of hydrogen-bond acceptors (Lipinski definition) is 4. The third kappa shape index (κ3) is 5.41. The molecule has 0 bridgehead atoms. The van der Waals surface area contributed by atoms with E-state index in [0.717, 1.165) is 11.1 Å². The smallest absolute Gasteiger partial charge is 0.269 e. The highest BCUT2D eigenvalue weighted by Crippen LogP contribution is 2.19. The van der Waals surface area contributed by atoms with Crippen molar-refractivity contribution < 1.29 is 14.5 Å². The number of non-ortho nitro benzene ring substituents is 1. The Morgan fingerprint density at radius 2 is 1.54 bits per heavy atom. The number of benzene rings is 3. The molecule has 0 unspecified atom stereocenters. The Hall–Kier alpha value is -3.67. The van der Waals surface area contributed by atoms with Crippen LogP contribution in [-0.2, 0) is 11.2 Å². The number of nitro groups is 1. The zero-order valence-electron chi connectivity index (χ0n) is 15.2. The number of nitrogens with zero attached hydrogens (tertiary/aromatic N) is 1. The number of nitro benzene ring substituents is 1. The minimum atomic E-state index is -0.482. The second-order valence-electron chi connectivity index (χ2n) is 6.26. The van der Waals surface area contributed by atoms with Gasteiger partial charge in [0.1, 0.15) is 5.75 Å². The Balaban J connectivity index is 1.63. The van der Waals surface area contributed by atoms with Gasteiger partial charge in [0, 0.05) is 12.1 Å². The average molecular weight is 376 g/mol. The van der Waals surface area contributed by atoms with Crippen molar-refractivity contribution in [3.8, 4) is 5.75 Å². The largest absolute Gasteiger partial charge is 0.484 e. The lowest BCUT2D eigenvalue weighted by Crippen LogP contribution is -2.33. The number of amides is 1. The molecule has 0 aliphatic heterocycles.